The first-order chi connectivity index (χ1) is 11.8. The molecule has 8 atom stereocenters. The molecule has 0 rings (SSSR count). The molecule has 0 aromatic rings. The number of carboxylic acid groups (broad SMARTS) is 2. The van der Waals surface area contributed by atoms with Crippen LogP contribution in [0.3, 0.4) is 0 Å². The van der Waals surface area contributed by atoms with Gasteiger partial charge in [0.05, 0.1) is 25.2 Å². The molecule has 0 fully saturated rings. The maximum Gasteiger partial charge on any atom is 2.00 e. The van der Waals surface area contributed by atoms with Crippen LogP contribution in [0.2, 0.25) is 0 Å². The van der Waals surface area contributed by atoms with Crippen LogP contribution in [-0.4, -0.2) is 125 Å². The van der Waals surface area contributed by atoms with Gasteiger partial charge in [-0.2, -0.15) is 0 Å². The Bertz CT molecular complexity index is 385. The van der Waals surface area contributed by atoms with Gasteiger partial charge in [-0.05, 0) is 0 Å². The molecule has 164 valence electrons. The summed E-state index contributed by atoms with van der Waals surface area (Å²) in [6.45, 7) is -1.73. The number of aliphatic carboxylic acids is 2. The first-order valence-electron chi connectivity index (χ1n) is 6.91. The number of aliphatic hydroxyl groups is 10. The Morgan fingerprint density at radius 3 is 0.963 bits per heavy atom. The second kappa shape index (κ2) is 15.2. The van der Waals surface area contributed by atoms with E-state index in [1.807, 2.05) is 0 Å². The van der Waals surface area contributed by atoms with E-state index in [9.17, 15) is 19.8 Å². The first kappa shape index (κ1) is 30.9. The van der Waals surface area contributed by atoms with Gasteiger partial charge >= 0.3 is 21.1 Å². The van der Waals surface area contributed by atoms with E-state index < -0.39 is 74.0 Å². The fourth-order valence-electron chi connectivity index (χ4n) is 1.32. The molecule has 0 amide bonds. The third-order valence-corrected chi connectivity index (χ3v) is 2.99. The molecule has 27 heavy (non-hydrogen) atoms. The molecule has 0 aromatic carbocycles. The van der Waals surface area contributed by atoms with Gasteiger partial charge in [0.2, 0.25) is 0 Å². The summed E-state index contributed by atoms with van der Waals surface area (Å²) in [6.07, 6.45) is -16.2. The summed E-state index contributed by atoms with van der Waals surface area (Å²) in [7, 11) is 0. The van der Waals surface area contributed by atoms with Gasteiger partial charge in [-0.1, -0.05) is 0 Å². The van der Waals surface area contributed by atoms with E-state index in [2.05, 4.69) is 0 Å². The Morgan fingerprint density at radius 1 is 0.593 bits per heavy atom. The number of hydrogen-bond donors (Lipinski definition) is 10. The van der Waals surface area contributed by atoms with E-state index in [0.29, 0.717) is 0 Å². The zero-order chi connectivity index (χ0) is 21.2. The summed E-state index contributed by atoms with van der Waals surface area (Å²) < 4.78 is 0. The molecule has 0 saturated heterocycles. The molecule has 0 saturated carbocycles. The number of hydrogen-bond acceptors (Lipinski definition) is 14. The topological polar surface area (TPSA) is 283 Å². The normalized spacial score (nSPS) is 19.6. The van der Waals surface area contributed by atoms with Crippen LogP contribution in [0.5, 0.6) is 0 Å². The van der Waals surface area contributed by atoms with Crippen LogP contribution < -0.4 is 10.2 Å². The van der Waals surface area contributed by atoms with Crippen molar-refractivity contribution in [3.8, 4) is 0 Å². The SMILES string of the molecule is O=C([O-])[C@H](O)[C@@H](O)[C@H](O)[C@H](O)CO.O=C([O-])[C@H](O)[C@@H](O)[C@H](O)[C@H](O)CO.[Pt+2]. The molecular formula is C12H22O14Pt. The summed E-state index contributed by atoms with van der Waals surface area (Å²) in [6, 6.07) is 0. The minimum atomic E-state index is -2.31. The number of aliphatic hydroxyl groups excluding tert-OH is 10. The van der Waals surface area contributed by atoms with Gasteiger partial charge in [0.1, 0.15) is 48.8 Å². The van der Waals surface area contributed by atoms with Crippen molar-refractivity contribution in [3.63, 3.8) is 0 Å². The van der Waals surface area contributed by atoms with Crippen molar-refractivity contribution in [2.45, 2.75) is 48.8 Å². The van der Waals surface area contributed by atoms with Gasteiger partial charge in [-0.3, -0.25) is 0 Å². The van der Waals surface area contributed by atoms with E-state index in [1.165, 1.54) is 0 Å². The molecule has 10 N–H and O–H groups in total. The van der Waals surface area contributed by atoms with Crippen LogP contribution in [0.25, 0.3) is 0 Å². The minimum Gasteiger partial charge on any atom is -0.547 e. The molecule has 0 aromatic heterocycles. The summed E-state index contributed by atoms with van der Waals surface area (Å²) in [4.78, 5) is 20.0. The van der Waals surface area contributed by atoms with Crippen molar-refractivity contribution in [1.82, 2.24) is 0 Å². The van der Waals surface area contributed by atoms with Crippen molar-refractivity contribution in [2.24, 2.45) is 0 Å². The Morgan fingerprint density at radius 2 is 0.815 bits per heavy atom. The van der Waals surface area contributed by atoms with E-state index in [4.69, 9.17) is 51.1 Å². The Kier molecular flexibility index (Phi) is 17.4. The summed E-state index contributed by atoms with van der Waals surface area (Å²) in [5.41, 5.74) is 0. The average molecular weight is 585 g/mol. The number of carbonyl (C=O) groups is 2. The standard InChI is InChI=1S/2C6H12O7.Pt/c2*7-1-2(8)3(9)4(10)5(11)6(12)13;/h2*2-5,7-11H,1H2,(H,12,13);/q;;+2/p-2/t2*2-,3-,4+,5-;/m11./s1. The van der Waals surface area contributed by atoms with E-state index >= 15 is 0 Å². The molecule has 0 aliphatic rings. The minimum absolute atomic E-state index is 0. The van der Waals surface area contributed by atoms with Gasteiger partial charge in [-0.25, -0.2) is 0 Å². The number of rotatable bonds is 10. The molecule has 0 spiro atoms. The van der Waals surface area contributed by atoms with Crippen LogP contribution in [-0.2, 0) is 30.7 Å². The molecule has 0 unspecified atom stereocenters. The van der Waals surface area contributed by atoms with E-state index in [-0.39, 0.29) is 21.1 Å². The summed E-state index contributed by atoms with van der Waals surface area (Å²) in [5, 5.41) is 107. The third kappa shape index (κ3) is 11.0. The van der Waals surface area contributed by atoms with Gasteiger partial charge in [0.15, 0.2) is 0 Å². The van der Waals surface area contributed by atoms with Crippen molar-refractivity contribution in [1.29, 1.82) is 0 Å². The predicted octanol–water partition coefficient (Wildman–Crippen LogP) is -9.66. The smallest absolute Gasteiger partial charge is 0.547 e. The maximum atomic E-state index is 9.98. The Hall–Kier alpha value is -0.772. The molecule has 0 radical (unpaired) electrons. The van der Waals surface area contributed by atoms with Crippen LogP contribution in [0.15, 0.2) is 0 Å². The molecular weight excluding hydrogens is 563 g/mol. The van der Waals surface area contributed by atoms with Gasteiger partial charge in [0, 0.05) is 0 Å². The van der Waals surface area contributed by atoms with Crippen LogP contribution in [0, 0.1) is 0 Å². The Balaban J connectivity index is -0.000000411. The quantitative estimate of drug-likeness (QED) is 0.114. The van der Waals surface area contributed by atoms with Crippen molar-refractivity contribution < 1.29 is 91.9 Å². The van der Waals surface area contributed by atoms with Gasteiger partial charge < -0.3 is 70.9 Å². The second-order valence-electron chi connectivity index (χ2n) is 4.99. The molecule has 0 aliphatic heterocycles. The molecule has 14 nitrogen and oxygen atoms in total. The van der Waals surface area contributed by atoms with Gasteiger partial charge in [0.25, 0.3) is 0 Å². The fourth-order valence-corrected chi connectivity index (χ4v) is 1.32. The Labute approximate surface area is 166 Å². The molecule has 0 heterocycles. The van der Waals surface area contributed by atoms with Crippen LogP contribution in [0.1, 0.15) is 0 Å². The largest absolute Gasteiger partial charge is 2.00 e. The molecule has 15 heteroatoms. The van der Waals surface area contributed by atoms with Crippen LogP contribution >= 0.6 is 0 Å². The average Bonchev–Trinajstić information content (AvgIpc) is 2.62. The van der Waals surface area contributed by atoms with Crippen molar-refractivity contribution in [3.05, 3.63) is 0 Å². The van der Waals surface area contributed by atoms with Gasteiger partial charge in [-0.15, -0.1) is 0 Å². The maximum absolute atomic E-state index is 9.98. The summed E-state index contributed by atoms with van der Waals surface area (Å²) in [5.74, 6) is -3.95. The van der Waals surface area contributed by atoms with E-state index in [0.717, 1.165) is 0 Å². The summed E-state index contributed by atoms with van der Waals surface area (Å²) >= 11 is 0. The van der Waals surface area contributed by atoms with E-state index in [1.54, 1.807) is 0 Å². The monoisotopic (exact) mass is 585 g/mol. The van der Waals surface area contributed by atoms with Crippen molar-refractivity contribution >= 4 is 11.9 Å². The van der Waals surface area contributed by atoms with Crippen LogP contribution in [0.4, 0.5) is 0 Å². The third-order valence-electron chi connectivity index (χ3n) is 2.99. The first-order valence-corrected chi connectivity index (χ1v) is 6.91. The zero-order valence-corrected chi connectivity index (χ0v) is 15.7. The number of carboxylic acids is 2. The van der Waals surface area contributed by atoms with Crippen molar-refractivity contribution in [2.75, 3.05) is 13.2 Å². The predicted molar refractivity (Wildman–Crippen MR) is 72.2 cm³/mol. The molecule has 0 bridgehead atoms. The second-order valence-corrected chi connectivity index (χ2v) is 4.99. The fraction of sp³-hybridized carbons (Fsp3) is 0.833. The number of carbonyl (C=O) groups excluding carboxylic acids is 2. The molecule has 0 aliphatic carbocycles. The zero-order valence-electron chi connectivity index (χ0n) is 13.5.